The highest BCUT2D eigenvalue weighted by Crippen LogP contribution is 2.43. The highest BCUT2D eigenvalue weighted by molar-refractivity contribution is 9.10. The minimum absolute atomic E-state index is 0.168. The van der Waals surface area contributed by atoms with E-state index in [2.05, 4.69) is 47.7 Å². The van der Waals surface area contributed by atoms with Gasteiger partial charge in [-0.3, -0.25) is 0 Å². The molecule has 6 rings (SSSR count). The van der Waals surface area contributed by atoms with Crippen molar-refractivity contribution >= 4 is 43.7 Å². The summed E-state index contributed by atoms with van der Waals surface area (Å²) in [6.07, 6.45) is 7.77. The number of halogens is 1. The lowest BCUT2D eigenvalue weighted by Crippen LogP contribution is -2.11. The van der Waals surface area contributed by atoms with Crippen molar-refractivity contribution in [2.45, 2.75) is 51.9 Å². The molecule has 0 spiro atoms. The zero-order valence-electron chi connectivity index (χ0n) is 18.1. The molecule has 166 valence electrons. The summed E-state index contributed by atoms with van der Waals surface area (Å²) in [4.78, 5) is 13.1. The number of aryl methyl sites for hydroxylation is 2. The van der Waals surface area contributed by atoms with Crippen LogP contribution in [0.15, 0.2) is 41.0 Å². The Kier molecular flexibility index (Phi) is 5.51. The fourth-order valence-corrected chi connectivity index (χ4v) is 5.18. The second kappa shape index (κ2) is 8.33. The third kappa shape index (κ3) is 3.93. The fourth-order valence-electron chi connectivity index (χ4n) is 4.84. The van der Waals surface area contributed by atoms with Crippen LogP contribution >= 0.6 is 15.9 Å². The Morgan fingerprint density at radius 3 is 2.78 bits per heavy atom. The van der Waals surface area contributed by atoms with E-state index in [9.17, 15) is 5.11 Å². The Bertz CT molecular complexity index is 1290. The Balaban J connectivity index is 0.000000146. The van der Waals surface area contributed by atoms with Gasteiger partial charge in [0.05, 0.1) is 21.8 Å². The van der Waals surface area contributed by atoms with Crippen molar-refractivity contribution in [1.29, 1.82) is 0 Å². The highest BCUT2D eigenvalue weighted by atomic mass is 79.9. The summed E-state index contributed by atoms with van der Waals surface area (Å²) in [6, 6.07) is 8.98. The van der Waals surface area contributed by atoms with Crippen LogP contribution in [-0.2, 0) is 4.74 Å². The number of phenols is 1. The van der Waals surface area contributed by atoms with Gasteiger partial charge in [-0.25, -0.2) is 15.0 Å². The first-order chi connectivity index (χ1) is 15.4. The van der Waals surface area contributed by atoms with Crippen molar-refractivity contribution in [3.05, 3.63) is 52.5 Å². The van der Waals surface area contributed by atoms with Gasteiger partial charge in [0.1, 0.15) is 29.3 Å². The van der Waals surface area contributed by atoms with Crippen LogP contribution in [0.25, 0.3) is 21.9 Å². The third-order valence-electron chi connectivity index (χ3n) is 6.39. The second-order valence-corrected chi connectivity index (χ2v) is 9.46. The Morgan fingerprint density at radius 2 is 1.97 bits per heavy atom. The van der Waals surface area contributed by atoms with Crippen LogP contribution in [0.3, 0.4) is 0 Å². The summed E-state index contributed by atoms with van der Waals surface area (Å²) in [6.45, 7) is 4.00. The number of hydrogen-bond acceptors (Lipinski definition) is 6. The topological polar surface area (TPSA) is 99.1 Å². The maximum Gasteiger partial charge on any atom is 0.145 e. The van der Waals surface area contributed by atoms with Crippen LogP contribution in [0.4, 0.5) is 5.82 Å². The number of pyridine rings is 1. The van der Waals surface area contributed by atoms with E-state index in [1.807, 2.05) is 19.9 Å². The molecule has 0 radical (unpaired) electrons. The van der Waals surface area contributed by atoms with Crippen molar-refractivity contribution in [2.75, 3.05) is 5.73 Å². The Morgan fingerprint density at radius 1 is 1.12 bits per heavy atom. The molecule has 0 amide bonds. The number of nitrogens with two attached hydrogens (primary N) is 1. The number of benzene rings is 1. The lowest BCUT2D eigenvalue weighted by Gasteiger charge is -2.15. The van der Waals surface area contributed by atoms with E-state index < -0.39 is 0 Å². The van der Waals surface area contributed by atoms with Gasteiger partial charge in [-0.05, 0) is 79.2 Å². The molecular formula is C24H26BrN5O2. The van der Waals surface area contributed by atoms with Gasteiger partial charge in [0.25, 0.3) is 0 Å². The SMILES string of the molecule is Cc1nc(C)c2ccn(C3CC4CCCC4O3)c2n1.Nc1nc2cc(O)ccc2cc1Br. The largest absolute Gasteiger partial charge is 0.508 e. The monoisotopic (exact) mass is 495 g/mol. The lowest BCUT2D eigenvalue weighted by molar-refractivity contribution is 0.00200. The van der Waals surface area contributed by atoms with Crippen molar-refractivity contribution < 1.29 is 9.84 Å². The number of rotatable bonds is 1. The average Bonchev–Trinajstić information content (AvgIpc) is 3.44. The number of aromatic nitrogens is 4. The smallest absolute Gasteiger partial charge is 0.145 e. The average molecular weight is 496 g/mol. The molecule has 2 fully saturated rings. The molecule has 3 aromatic heterocycles. The Hall–Kier alpha value is -2.71. The number of fused-ring (bicyclic) bond motifs is 3. The minimum atomic E-state index is 0.168. The summed E-state index contributed by atoms with van der Waals surface area (Å²) in [5.41, 5.74) is 8.37. The molecule has 3 N–H and O–H groups in total. The number of aromatic hydroxyl groups is 1. The molecule has 1 aliphatic carbocycles. The molecule has 4 aromatic rings. The molecule has 7 nitrogen and oxygen atoms in total. The molecule has 3 atom stereocenters. The maximum absolute atomic E-state index is 9.20. The van der Waals surface area contributed by atoms with Gasteiger partial charge in [-0.2, -0.15) is 0 Å². The van der Waals surface area contributed by atoms with Gasteiger partial charge in [0.2, 0.25) is 0 Å². The number of hydrogen-bond donors (Lipinski definition) is 2. The van der Waals surface area contributed by atoms with Gasteiger partial charge in [-0.15, -0.1) is 0 Å². The molecule has 3 unspecified atom stereocenters. The summed E-state index contributed by atoms with van der Waals surface area (Å²) < 4.78 is 9.19. The van der Waals surface area contributed by atoms with Crippen LogP contribution in [0.1, 0.15) is 43.4 Å². The first-order valence-electron chi connectivity index (χ1n) is 10.9. The fraction of sp³-hybridized carbons (Fsp3) is 0.375. The van der Waals surface area contributed by atoms with Gasteiger partial charge in [0, 0.05) is 23.0 Å². The molecular weight excluding hydrogens is 470 g/mol. The van der Waals surface area contributed by atoms with Crippen LogP contribution in [0.2, 0.25) is 0 Å². The predicted molar refractivity (Wildman–Crippen MR) is 128 cm³/mol. The molecule has 8 heteroatoms. The van der Waals surface area contributed by atoms with E-state index in [0.29, 0.717) is 17.4 Å². The predicted octanol–water partition coefficient (Wildman–Crippen LogP) is 5.42. The summed E-state index contributed by atoms with van der Waals surface area (Å²) in [7, 11) is 0. The van der Waals surface area contributed by atoms with Crippen LogP contribution < -0.4 is 5.73 Å². The van der Waals surface area contributed by atoms with E-state index in [4.69, 9.17) is 10.5 Å². The molecule has 4 heterocycles. The summed E-state index contributed by atoms with van der Waals surface area (Å²) in [5.74, 6) is 2.22. The quantitative estimate of drug-likeness (QED) is 0.365. The van der Waals surface area contributed by atoms with Crippen LogP contribution in [0, 0.1) is 19.8 Å². The standard InChI is InChI=1S/C15H19N3O.C9H7BrN2O/c1-9-12-6-7-18(15(12)17-10(2)16-9)14-8-11-4-3-5-13(11)19-14;10-7-3-5-1-2-6(13)4-8(5)12-9(7)11/h6-7,11,13-14H,3-5,8H2,1-2H3;1-4,13H,(H2,11,12). The van der Waals surface area contributed by atoms with E-state index in [-0.39, 0.29) is 12.0 Å². The normalized spacial score (nSPS) is 22.2. The molecule has 1 aromatic carbocycles. The van der Waals surface area contributed by atoms with E-state index >= 15 is 0 Å². The van der Waals surface area contributed by atoms with Gasteiger partial charge < -0.3 is 20.1 Å². The Labute approximate surface area is 194 Å². The zero-order valence-corrected chi connectivity index (χ0v) is 19.7. The molecule has 1 aliphatic heterocycles. The van der Waals surface area contributed by atoms with Crippen molar-refractivity contribution in [3.8, 4) is 5.75 Å². The number of nitrogen functional groups attached to an aromatic ring is 1. The number of phenolic OH excluding ortho intramolecular Hbond substituents is 1. The maximum atomic E-state index is 9.20. The van der Waals surface area contributed by atoms with Crippen molar-refractivity contribution in [1.82, 2.24) is 19.5 Å². The summed E-state index contributed by atoms with van der Waals surface area (Å²) in [5, 5.41) is 11.3. The first kappa shape index (κ1) is 21.2. The van der Waals surface area contributed by atoms with Crippen LogP contribution in [-0.4, -0.2) is 30.7 Å². The number of anilines is 1. The van der Waals surface area contributed by atoms with Gasteiger partial charge in [0.15, 0.2) is 0 Å². The first-order valence-corrected chi connectivity index (χ1v) is 11.7. The summed E-state index contributed by atoms with van der Waals surface area (Å²) >= 11 is 3.28. The molecule has 32 heavy (non-hydrogen) atoms. The minimum Gasteiger partial charge on any atom is -0.508 e. The molecule has 0 bridgehead atoms. The van der Waals surface area contributed by atoms with E-state index in [1.54, 1.807) is 18.2 Å². The second-order valence-electron chi connectivity index (χ2n) is 8.60. The van der Waals surface area contributed by atoms with Gasteiger partial charge in [-0.1, -0.05) is 6.42 Å². The van der Waals surface area contributed by atoms with Crippen molar-refractivity contribution in [2.24, 2.45) is 5.92 Å². The lowest BCUT2D eigenvalue weighted by atomic mass is 10.0. The molecule has 2 aliphatic rings. The van der Waals surface area contributed by atoms with Crippen molar-refractivity contribution in [3.63, 3.8) is 0 Å². The zero-order chi connectivity index (χ0) is 22.4. The van der Waals surface area contributed by atoms with Gasteiger partial charge >= 0.3 is 0 Å². The highest BCUT2D eigenvalue weighted by Gasteiger charge is 2.39. The molecule has 1 saturated heterocycles. The third-order valence-corrected chi connectivity index (χ3v) is 7.03. The number of nitrogens with zero attached hydrogens (tertiary/aromatic N) is 4. The number of ether oxygens (including phenoxy) is 1. The van der Waals surface area contributed by atoms with E-state index in [1.165, 1.54) is 19.3 Å². The van der Waals surface area contributed by atoms with E-state index in [0.717, 1.165) is 44.7 Å². The van der Waals surface area contributed by atoms with Crippen LogP contribution in [0.5, 0.6) is 5.75 Å². The molecule has 1 saturated carbocycles.